The molecule has 3 heterocycles. The average Bonchev–Trinajstić information content (AvgIpc) is 3.35. The molecule has 0 saturated carbocycles. The third-order valence-corrected chi connectivity index (χ3v) is 6.09. The molecule has 0 aliphatic carbocycles. The van der Waals surface area contributed by atoms with Crippen molar-refractivity contribution in [3.8, 4) is 5.75 Å². The molecule has 1 aliphatic rings. The van der Waals surface area contributed by atoms with Crippen molar-refractivity contribution in [2.45, 2.75) is 13.2 Å². The van der Waals surface area contributed by atoms with E-state index in [-0.39, 0.29) is 11.2 Å². The Hall–Kier alpha value is -3.33. The van der Waals surface area contributed by atoms with Gasteiger partial charge in [0.1, 0.15) is 12.4 Å². The van der Waals surface area contributed by atoms with Gasteiger partial charge in [-0.3, -0.25) is 13.9 Å². The molecule has 0 spiro atoms. The Bertz CT molecular complexity index is 1420. The van der Waals surface area contributed by atoms with Crippen molar-refractivity contribution in [1.29, 1.82) is 0 Å². The van der Waals surface area contributed by atoms with E-state index in [1.54, 1.807) is 7.05 Å². The highest BCUT2D eigenvalue weighted by atomic mass is 79.9. The van der Waals surface area contributed by atoms with Gasteiger partial charge in [0.2, 0.25) is 5.95 Å². The van der Waals surface area contributed by atoms with Crippen molar-refractivity contribution >= 4 is 38.7 Å². The van der Waals surface area contributed by atoms with Crippen LogP contribution in [0.1, 0.15) is 5.56 Å². The number of aromatic nitrogens is 4. The summed E-state index contributed by atoms with van der Waals surface area (Å²) in [5.41, 5.74) is 2.13. The summed E-state index contributed by atoms with van der Waals surface area (Å²) in [5.74, 6) is 1.40. The van der Waals surface area contributed by atoms with Crippen LogP contribution in [0.3, 0.4) is 0 Å². The number of hydrogen-bond acceptors (Lipinski definition) is 5. The Labute approximate surface area is 186 Å². The molecule has 1 aliphatic heterocycles. The second-order valence-corrected chi connectivity index (χ2v) is 8.42. The van der Waals surface area contributed by atoms with Gasteiger partial charge in [-0.1, -0.05) is 34.1 Å². The van der Waals surface area contributed by atoms with Crippen molar-refractivity contribution in [1.82, 2.24) is 18.7 Å². The van der Waals surface area contributed by atoms with E-state index in [1.807, 2.05) is 58.0 Å². The smallest absolute Gasteiger partial charge is 0.332 e. The van der Waals surface area contributed by atoms with Crippen molar-refractivity contribution in [2.24, 2.45) is 14.1 Å². The van der Waals surface area contributed by atoms with Crippen molar-refractivity contribution in [2.75, 3.05) is 11.4 Å². The highest BCUT2D eigenvalue weighted by Crippen LogP contribution is 2.33. The normalized spacial score (nSPS) is 13.1. The van der Waals surface area contributed by atoms with E-state index < -0.39 is 0 Å². The molecule has 9 heteroatoms. The van der Waals surface area contributed by atoms with E-state index in [4.69, 9.17) is 4.74 Å². The van der Waals surface area contributed by atoms with Gasteiger partial charge in [0.15, 0.2) is 11.2 Å². The summed E-state index contributed by atoms with van der Waals surface area (Å²) in [4.78, 5) is 31.7. The lowest BCUT2D eigenvalue weighted by atomic mass is 10.2. The highest BCUT2D eigenvalue weighted by molar-refractivity contribution is 9.10. The van der Waals surface area contributed by atoms with Gasteiger partial charge in [-0.05, 0) is 29.8 Å². The molecule has 0 fully saturated rings. The Morgan fingerprint density at radius 2 is 1.81 bits per heavy atom. The first-order valence-corrected chi connectivity index (χ1v) is 10.6. The number of nitrogens with zero attached hydrogens (tertiary/aromatic N) is 5. The molecule has 5 rings (SSSR count). The summed E-state index contributed by atoms with van der Waals surface area (Å²) >= 11 is 3.44. The third kappa shape index (κ3) is 3.25. The average molecular weight is 482 g/mol. The summed E-state index contributed by atoms with van der Waals surface area (Å²) in [5, 5.41) is 0. The van der Waals surface area contributed by atoms with Gasteiger partial charge in [-0.25, -0.2) is 4.79 Å². The number of fused-ring (bicyclic) bond motifs is 3. The van der Waals surface area contributed by atoms with E-state index in [2.05, 4.69) is 20.9 Å². The van der Waals surface area contributed by atoms with Crippen LogP contribution in [0.2, 0.25) is 0 Å². The lowest BCUT2D eigenvalue weighted by Gasteiger charge is -2.17. The maximum atomic E-state index is 12.7. The largest absolute Gasteiger partial charge is 0.489 e. The quantitative estimate of drug-likeness (QED) is 0.447. The molecule has 4 aromatic rings. The minimum absolute atomic E-state index is 0.328. The molecule has 0 bridgehead atoms. The Kier molecular flexibility index (Phi) is 4.70. The lowest BCUT2D eigenvalue weighted by molar-refractivity contribution is 0.306. The monoisotopic (exact) mass is 481 g/mol. The molecule has 0 radical (unpaired) electrons. The molecule has 0 saturated heterocycles. The maximum Gasteiger partial charge on any atom is 0.332 e. The summed E-state index contributed by atoms with van der Waals surface area (Å²) in [7, 11) is 3.12. The molecular formula is C22H20BrN5O3. The summed E-state index contributed by atoms with van der Waals surface area (Å²) < 4.78 is 11.4. The Morgan fingerprint density at radius 3 is 2.58 bits per heavy atom. The fourth-order valence-electron chi connectivity index (χ4n) is 3.89. The molecule has 0 N–H and O–H groups in total. The third-order valence-electron chi connectivity index (χ3n) is 5.56. The highest BCUT2D eigenvalue weighted by Gasteiger charge is 2.28. The Balaban J connectivity index is 1.48. The number of anilines is 2. The zero-order valence-corrected chi connectivity index (χ0v) is 18.7. The molecule has 0 unspecified atom stereocenters. The number of rotatable bonds is 4. The number of halogens is 1. The van der Waals surface area contributed by atoms with Crippen molar-refractivity contribution in [3.63, 3.8) is 0 Å². The zero-order chi connectivity index (χ0) is 21.7. The van der Waals surface area contributed by atoms with Crippen LogP contribution in [0.15, 0.2) is 62.6 Å². The fourth-order valence-corrected chi connectivity index (χ4v) is 4.15. The van der Waals surface area contributed by atoms with Crippen LogP contribution in [0.25, 0.3) is 11.2 Å². The van der Waals surface area contributed by atoms with E-state index in [0.29, 0.717) is 36.8 Å². The van der Waals surface area contributed by atoms with Crippen LogP contribution in [-0.2, 0) is 27.2 Å². The van der Waals surface area contributed by atoms with Gasteiger partial charge in [0.05, 0.1) is 0 Å². The SMILES string of the molecule is Cn1c(=O)c2c(nc3n2CCN3c2cccc(OCc3ccc(Br)cc3)c2)n(C)c1=O. The number of hydrogen-bond donors (Lipinski definition) is 0. The van der Waals surface area contributed by atoms with E-state index in [1.165, 1.54) is 11.6 Å². The molecular weight excluding hydrogens is 462 g/mol. The van der Waals surface area contributed by atoms with Crippen LogP contribution in [0.5, 0.6) is 5.75 Å². The number of ether oxygens (including phenoxy) is 1. The predicted molar refractivity (Wildman–Crippen MR) is 122 cm³/mol. The zero-order valence-electron chi connectivity index (χ0n) is 17.1. The molecule has 0 amide bonds. The van der Waals surface area contributed by atoms with Gasteiger partial charge in [-0.2, -0.15) is 4.98 Å². The molecule has 2 aromatic carbocycles. The van der Waals surface area contributed by atoms with Gasteiger partial charge in [0, 0.05) is 43.4 Å². The summed E-state index contributed by atoms with van der Waals surface area (Å²) in [6.07, 6.45) is 0. The number of imidazole rings is 1. The van der Waals surface area contributed by atoms with Crippen LogP contribution in [0.4, 0.5) is 11.6 Å². The fraction of sp³-hybridized carbons (Fsp3) is 0.227. The topological polar surface area (TPSA) is 74.3 Å². The van der Waals surface area contributed by atoms with Crippen molar-refractivity contribution in [3.05, 3.63) is 79.4 Å². The van der Waals surface area contributed by atoms with Crippen molar-refractivity contribution < 1.29 is 4.74 Å². The van der Waals surface area contributed by atoms with Crippen LogP contribution < -0.4 is 20.9 Å². The van der Waals surface area contributed by atoms with Crippen LogP contribution in [-0.4, -0.2) is 25.2 Å². The summed E-state index contributed by atoms with van der Waals surface area (Å²) in [6.45, 7) is 1.76. The summed E-state index contributed by atoms with van der Waals surface area (Å²) in [6, 6.07) is 15.8. The molecule has 8 nitrogen and oxygen atoms in total. The second kappa shape index (κ2) is 7.42. The maximum absolute atomic E-state index is 12.7. The Morgan fingerprint density at radius 1 is 1.03 bits per heavy atom. The van der Waals surface area contributed by atoms with E-state index in [0.717, 1.165) is 26.0 Å². The number of benzene rings is 2. The standard InChI is InChI=1S/C22H20BrN5O3/c1-25-19-18(20(29)26(2)22(25)30)28-11-10-27(21(28)24-19)16-4-3-5-17(12-16)31-13-14-6-8-15(23)9-7-14/h3-9,12H,10-11,13H2,1-2H3. The van der Waals surface area contributed by atoms with Gasteiger partial charge in [-0.15, -0.1) is 0 Å². The predicted octanol–water partition coefficient (Wildman–Crippen LogP) is 2.93. The molecule has 158 valence electrons. The van der Waals surface area contributed by atoms with Gasteiger partial charge >= 0.3 is 5.69 Å². The molecule has 31 heavy (non-hydrogen) atoms. The lowest BCUT2D eigenvalue weighted by Crippen LogP contribution is -2.37. The first-order chi connectivity index (χ1) is 14.9. The minimum atomic E-state index is -0.385. The minimum Gasteiger partial charge on any atom is -0.489 e. The van der Waals surface area contributed by atoms with Crippen LogP contribution >= 0.6 is 15.9 Å². The second-order valence-electron chi connectivity index (χ2n) is 7.51. The number of aryl methyl sites for hydroxylation is 1. The van der Waals surface area contributed by atoms with Crippen LogP contribution in [0, 0.1) is 0 Å². The van der Waals surface area contributed by atoms with Gasteiger partial charge < -0.3 is 14.2 Å². The van der Waals surface area contributed by atoms with Gasteiger partial charge in [0.25, 0.3) is 5.56 Å². The van der Waals surface area contributed by atoms with E-state index in [9.17, 15) is 9.59 Å². The van der Waals surface area contributed by atoms with E-state index >= 15 is 0 Å². The molecule has 0 atom stereocenters. The molecule has 2 aromatic heterocycles. The first-order valence-electron chi connectivity index (χ1n) is 9.85. The first kappa shape index (κ1) is 19.6.